The molecule has 1 aromatic rings. The summed E-state index contributed by atoms with van der Waals surface area (Å²) in [5.41, 5.74) is 1.06. The van der Waals surface area contributed by atoms with Crippen molar-refractivity contribution in [3.63, 3.8) is 0 Å². The lowest BCUT2D eigenvalue weighted by molar-refractivity contribution is -0.166. The molecule has 0 N–H and O–H groups in total. The van der Waals surface area contributed by atoms with Crippen LogP contribution in [0.25, 0.3) is 6.08 Å². The Balaban J connectivity index is 2.31. The first-order valence-corrected chi connectivity index (χ1v) is 6.70. The molecule has 0 saturated heterocycles. The van der Waals surface area contributed by atoms with Gasteiger partial charge in [0.2, 0.25) is 0 Å². The third-order valence-corrected chi connectivity index (χ3v) is 3.39. The van der Waals surface area contributed by atoms with Gasteiger partial charge >= 0.3 is 6.18 Å². The number of alkyl halides is 3. The van der Waals surface area contributed by atoms with E-state index in [1.807, 2.05) is 19.9 Å². The predicted octanol–water partition coefficient (Wildman–Crippen LogP) is 3.44. The zero-order valence-corrected chi connectivity index (χ0v) is 11.8. The second-order valence-corrected chi connectivity index (χ2v) is 4.68. The van der Waals surface area contributed by atoms with Crippen LogP contribution in [0.15, 0.2) is 23.8 Å². The first kappa shape index (κ1) is 15.4. The number of fused-ring (bicyclic) bond motifs is 1. The van der Waals surface area contributed by atoms with E-state index < -0.39 is 12.0 Å². The molecule has 0 radical (unpaired) electrons. The molecule has 2 rings (SSSR count). The maximum Gasteiger partial charge on any atom is 0.454 e. The summed E-state index contributed by atoms with van der Waals surface area (Å²) < 4.78 is 42.6. The summed E-state index contributed by atoms with van der Waals surface area (Å²) in [6.07, 6.45) is -3.62. The monoisotopic (exact) mass is 299 g/mol. The molecule has 0 amide bonds. The maximum atomic E-state index is 12.4. The Bertz CT molecular complexity index is 575. The highest BCUT2D eigenvalue weighted by Gasteiger charge is 2.41. The quantitative estimate of drug-likeness (QED) is 0.853. The van der Waals surface area contributed by atoms with Crippen LogP contribution in [-0.2, 0) is 4.79 Å². The highest BCUT2D eigenvalue weighted by atomic mass is 19.4. The second kappa shape index (κ2) is 5.79. The summed E-state index contributed by atoms with van der Waals surface area (Å²) in [7, 11) is 0. The molecule has 21 heavy (non-hydrogen) atoms. The maximum absolute atomic E-state index is 12.4. The minimum Gasteiger partial charge on any atom is -0.488 e. The smallest absolute Gasteiger partial charge is 0.454 e. The molecule has 0 atom stereocenters. The van der Waals surface area contributed by atoms with Gasteiger partial charge in [-0.2, -0.15) is 13.2 Å². The summed E-state index contributed by atoms with van der Waals surface area (Å²) >= 11 is 0. The van der Waals surface area contributed by atoms with Crippen LogP contribution in [-0.4, -0.2) is 31.7 Å². The van der Waals surface area contributed by atoms with E-state index in [2.05, 4.69) is 4.90 Å². The molecule has 1 aromatic carbocycles. The van der Waals surface area contributed by atoms with E-state index in [0.717, 1.165) is 18.8 Å². The first-order valence-electron chi connectivity index (χ1n) is 6.70. The van der Waals surface area contributed by atoms with Crippen molar-refractivity contribution in [3.8, 4) is 5.75 Å². The van der Waals surface area contributed by atoms with Gasteiger partial charge < -0.3 is 9.64 Å². The zero-order chi connectivity index (χ0) is 15.6. The van der Waals surface area contributed by atoms with Gasteiger partial charge in [0.15, 0.2) is 0 Å². The molecular weight excluding hydrogens is 283 g/mol. The molecule has 0 unspecified atom stereocenters. The number of Topliss-reactive ketones (excluding diaryl/α,β-unsaturated/α-hetero) is 1. The average Bonchev–Trinajstić information content (AvgIpc) is 2.46. The first-order chi connectivity index (χ1) is 9.86. The van der Waals surface area contributed by atoms with Crippen LogP contribution in [0.4, 0.5) is 18.9 Å². The van der Waals surface area contributed by atoms with E-state index >= 15 is 0 Å². The van der Waals surface area contributed by atoms with Crippen molar-refractivity contribution < 1.29 is 22.7 Å². The van der Waals surface area contributed by atoms with Crippen molar-refractivity contribution in [2.75, 3.05) is 24.6 Å². The Morgan fingerprint density at radius 3 is 2.52 bits per heavy atom. The minimum atomic E-state index is -4.87. The largest absolute Gasteiger partial charge is 0.488 e. The Labute approximate surface area is 121 Å². The molecule has 0 aliphatic carbocycles. The highest BCUT2D eigenvalue weighted by Crippen LogP contribution is 2.33. The topological polar surface area (TPSA) is 29.5 Å². The number of ether oxygens (including phenoxy) is 1. The van der Waals surface area contributed by atoms with Crippen molar-refractivity contribution in [3.05, 3.63) is 29.3 Å². The van der Waals surface area contributed by atoms with Gasteiger partial charge in [-0.1, -0.05) is 0 Å². The molecule has 6 heteroatoms. The summed E-state index contributed by atoms with van der Waals surface area (Å²) in [6, 6.07) is 5.27. The fraction of sp³-hybridized carbons (Fsp3) is 0.400. The molecule has 0 bridgehead atoms. The van der Waals surface area contributed by atoms with Crippen LogP contribution in [0.2, 0.25) is 0 Å². The number of carbonyl (C=O) groups excluding carboxylic acids is 1. The number of hydrogen-bond donors (Lipinski definition) is 0. The average molecular weight is 299 g/mol. The molecular formula is C15H16F3NO2. The fourth-order valence-corrected chi connectivity index (χ4v) is 2.25. The Hall–Kier alpha value is -1.98. The molecule has 3 nitrogen and oxygen atoms in total. The van der Waals surface area contributed by atoms with Crippen LogP contribution < -0.4 is 9.64 Å². The summed E-state index contributed by atoms with van der Waals surface area (Å²) in [6.45, 7) is 5.33. The third kappa shape index (κ3) is 3.20. The highest BCUT2D eigenvalue weighted by molar-refractivity contribution is 6.04. The van der Waals surface area contributed by atoms with Gasteiger partial charge in [-0.25, -0.2) is 0 Å². The van der Waals surface area contributed by atoms with Gasteiger partial charge in [-0.05, 0) is 32.1 Å². The van der Waals surface area contributed by atoms with Crippen LogP contribution >= 0.6 is 0 Å². The van der Waals surface area contributed by atoms with E-state index in [-0.39, 0.29) is 12.2 Å². The number of carbonyl (C=O) groups is 1. The second-order valence-electron chi connectivity index (χ2n) is 4.68. The van der Waals surface area contributed by atoms with E-state index in [1.54, 1.807) is 12.1 Å². The zero-order valence-electron chi connectivity index (χ0n) is 11.8. The van der Waals surface area contributed by atoms with Crippen molar-refractivity contribution in [2.24, 2.45) is 0 Å². The normalized spacial score (nSPS) is 14.0. The van der Waals surface area contributed by atoms with E-state index in [9.17, 15) is 18.0 Å². The molecule has 114 valence electrons. The molecule has 0 aromatic heterocycles. The Morgan fingerprint density at radius 1 is 1.29 bits per heavy atom. The van der Waals surface area contributed by atoms with Crippen LogP contribution in [0.5, 0.6) is 5.75 Å². The van der Waals surface area contributed by atoms with Crippen molar-refractivity contribution >= 4 is 17.5 Å². The number of hydrogen-bond acceptors (Lipinski definition) is 3. The van der Waals surface area contributed by atoms with E-state index in [4.69, 9.17) is 4.74 Å². The third-order valence-electron chi connectivity index (χ3n) is 3.39. The molecule has 1 aliphatic rings. The molecule has 0 saturated carbocycles. The summed E-state index contributed by atoms with van der Waals surface area (Å²) in [4.78, 5) is 13.3. The van der Waals surface area contributed by atoms with Gasteiger partial charge in [0.1, 0.15) is 12.4 Å². The number of anilines is 1. The van der Waals surface area contributed by atoms with Crippen LogP contribution in [0, 0.1) is 0 Å². The van der Waals surface area contributed by atoms with Crippen molar-refractivity contribution in [2.45, 2.75) is 20.0 Å². The number of halogens is 3. The SMILES string of the molecule is CCN(CC)c1ccc2c(c1)OCC(C(=O)C(F)(F)F)=C2. The standard InChI is InChI=1S/C15H16F3NO2/c1-3-19(4-2)12-6-5-10-7-11(9-21-13(10)8-12)14(20)15(16,17)18/h5-8H,3-4,9H2,1-2H3. The van der Waals surface area contributed by atoms with Gasteiger partial charge in [-0.15, -0.1) is 0 Å². The summed E-state index contributed by atoms with van der Waals surface area (Å²) in [5.74, 6) is -1.35. The van der Waals surface area contributed by atoms with E-state index in [1.165, 1.54) is 6.08 Å². The minimum absolute atomic E-state index is 0.354. The lowest BCUT2D eigenvalue weighted by Crippen LogP contribution is -2.28. The fourth-order valence-electron chi connectivity index (χ4n) is 2.25. The van der Waals surface area contributed by atoms with E-state index in [0.29, 0.717) is 11.3 Å². The van der Waals surface area contributed by atoms with Gasteiger partial charge in [0.25, 0.3) is 5.78 Å². The molecule has 0 spiro atoms. The van der Waals surface area contributed by atoms with Crippen LogP contribution in [0.3, 0.4) is 0 Å². The molecule has 1 heterocycles. The van der Waals surface area contributed by atoms with Gasteiger partial charge in [0, 0.05) is 36.0 Å². The predicted molar refractivity (Wildman–Crippen MR) is 74.5 cm³/mol. The van der Waals surface area contributed by atoms with Crippen molar-refractivity contribution in [1.82, 2.24) is 0 Å². The Kier molecular flexibility index (Phi) is 4.25. The van der Waals surface area contributed by atoms with Gasteiger partial charge in [0.05, 0.1) is 0 Å². The molecule has 1 aliphatic heterocycles. The lowest BCUT2D eigenvalue weighted by atomic mass is 10.0. The van der Waals surface area contributed by atoms with Crippen molar-refractivity contribution in [1.29, 1.82) is 0 Å². The number of nitrogens with zero attached hydrogens (tertiary/aromatic N) is 1. The van der Waals surface area contributed by atoms with Gasteiger partial charge in [-0.3, -0.25) is 4.79 Å². The lowest BCUT2D eigenvalue weighted by Gasteiger charge is -2.24. The van der Waals surface area contributed by atoms with Crippen LogP contribution in [0.1, 0.15) is 19.4 Å². The Morgan fingerprint density at radius 2 is 1.95 bits per heavy atom. The number of benzene rings is 1. The number of rotatable bonds is 4. The number of ketones is 1. The summed E-state index contributed by atoms with van der Waals surface area (Å²) in [5, 5.41) is 0. The molecule has 0 fully saturated rings.